The first-order chi connectivity index (χ1) is 29.5. The first-order valence-corrected chi connectivity index (χ1v) is 22.2. The van der Waals surface area contributed by atoms with Gasteiger partial charge in [-0.3, -0.25) is 14.4 Å². The molecule has 0 aromatic carbocycles. The molecule has 0 unspecified atom stereocenters. The lowest BCUT2D eigenvalue weighted by atomic mass is 9.76. The van der Waals surface area contributed by atoms with E-state index in [1.165, 1.54) is 52.9 Å². The molecule has 4 rings (SSSR count). The molecule has 17 nitrogen and oxygen atoms in total. The van der Waals surface area contributed by atoms with E-state index in [4.69, 9.17) is 42.6 Å². The van der Waals surface area contributed by atoms with E-state index in [9.17, 15) is 24.0 Å². The maximum absolute atomic E-state index is 14.8. The highest BCUT2D eigenvalue weighted by Crippen LogP contribution is 2.43. The molecule has 2 fully saturated rings. The summed E-state index contributed by atoms with van der Waals surface area (Å²) >= 11 is 0. The molecule has 3 aliphatic rings. The number of methoxy groups -OCH3 is 2. The largest absolute Gasteiger partial charge is 0.457 e. The van der Waals surface area contributed by atoms with Gasteiger partial charge in [0.05, 0.1) is 35.9 Å². The summed E-state index contributed by atoms with van der Waals surface area (Å²) < 4.78 is 58.7. The second-order valence-electron chi connectivity index (χ2n) is 18.5. The van der Waals surface area contributed by atoms with Crippen LogP contribution in [0.15, 0.2) is 30.4 Å². The maximum atomic E-state index is 14.8. The van der Waals surface area contributed by atoms with Crippen LogP contribution in [0.5, 0.6) is 0 Å². The van der Waals surface area contributed by atoms with Crippen LogP contribution in [-0.4, -0.2) is 132 Å². The highest BCUT2D eigenvalue weighted by Gasteiger charge is 2.54. The van der Waals surface area contributed by atoms with Crippen LogP contribution in [0.2, 0.25) is 0 Å². The average molecular weight is 892 g/mol. The Labute approximate surface area is 372 Å². The van der Waals surface area contributed by atoms with E-state index >= 15 is 0 Å². The van der Waals surface area contributed by atoms with Gasteiger partial charge in [0.2, 0.25) is 0 Å². The van der Waals surface area contributed by atoms with E-state index in [0.29, 0.717) is 6.42 Å². The first kappa shape index (κ1) is 52.0. The van der Waals surface area contributed by atoms with Gasteiger partial charge in [-0.1, -0.05) is 20.8 Å². The van der Waals surface area contributed by atoms with E-state index in [1.807, 2.05) is 27.8 Å². The Bertz CT molecular complexity index is 1770. The van der Waals surface area contributed by atoms with Gasteiger partial charge in [-0.05, 0) is 93.3 Å². The molecule has 1 N–H and O–H groups in total. The van der Waals surface area contributed by atoms with Crippen molar-refractivity contribution in [1.82, 2.24) is 14.9 Å². The van der Waals surface area contributed by atoms with E-state index in [2.05, 4.69) is 10.3 Å². The molecular weight excluding hydrogens is 819 g/mol. The smallest absolute Gasteiger partial charge is 0.420 e. The number of aromatic nitrogens is 2. The zero-order valence-electron chi connectivity index (χ0n) is 40.0. The SMILES string of the molecule is CC[C@H]1OC(=O)[C@H](C)[C@@H](O[C@H]2C[C@@](C)(OC)[C@@H](OC(C)=O)[C@H](C)O2)[C@H](C)[C@@H](O[C@@H]2O[C@H](C)C[C@H](NC)[C@H]2CC(C)=O)[C@](C)(OC)C[C@@H](C)C(=O)C(C)=C[C@]1(C)OC(=O)n1ccnc1. The molecule has 1 aromatic heterocycles. The summed E-state index contributed by atoms with van der Waals surface area (Å²) in [7, 11) is 4.90. The number of carbonyl (C=O) groups excluding carboxylic acids is 5. The number of allylic oxidation sites excluding steroid dienone is 1. The summed E-state index contributed by atoms with van der Waals surface area (Å²) in [5, 5.41) is 3.36. The molecule has 0 saturated carbocycles. The topological polar surface area (TPSA) is 198 Å². The van der Waals surface area contributed by atoms with Crippen LogP contribution in [0.4, 0.5) is 4.79 Å². The quantitative estimate of drug-likeness (QED) is 0.197. The van der Waals surface area contributed by atoms with Gasteiger partial charge in [-0.25, -0.2) is 14.3 Å². The van der Waals surface area contributed by atoms with Crippen molar-refractivity contribution in [3.8, 4) is 0 Å². The van der Waals surface area contributed by atoms with Crippen LogP contribution in [-0.2, 0) is 61.8 Å². The fourth-order valence-electron chi connectivity index (χ4n) is 9.83. The third-order valence-electron chi connectivity index (χ3n) is 13.3. The Morgan fingerprint density at radius 1 is 0.952 bits per heavy atom. The van der Waals surface area contributed by atoms with Crippen molar-refractivity contribution < 1.29 is 66.6 Å². The molecule has 1 aromatic rings. The predicted octanol–water partition coefficient (Wildman–Crippen LogP) is 5.74. The molecule has 16 atom stereocenters. The van der Waals surface area contributed by atoms with Crippen molar-refractivity contribution in [1.29, 1.82) is 0 Å². The van der Waals surface area contributed by atoms with Crippen LogP contribution in [0.25, 0.3) is 0 Å². The fourth-order valence-corrected chi connectivity index (χ4v) is 9.83. The van der Waals surface area contributed by atoms with Crippen LogP contribution in [0.1, 0.15) is 115 Å². The van der Waals surface area contributed by atoms with Gasteiger partial charge in [0, 0.05) is 70.2 Å². The highest BCUT2D eigenvalue weighted by atomic mass is 16.7. The van der Waals surface area contributed by atoms with Crippen molar-refractivity contribution in [3.05, 3.63) is 30.4 Å². The molecule has 0 bridgehead atoms. The maximum Gasteiger partial charge on any atom is 0.420 e. The Morgan fingerprint density at radius 3 is 2.16 bits per heavy atom. The number of imidazole rings is 1. The van der Waals surface area contributed by atoms with Crippen LogP contribution in [0.3, 0.4) is 0 Å². The minimum Gasteiger partial charge on any atom is -0.457 e. The van der Waals surface area contributed by atoms with Gasteiger partial charge < -0.3 is 52.7 Å². The number of ketones is 2. The van der Waals surface area contributed by atoms with Gasteiger partial charge >= 0.3 is 18.0 Å². The van der Waals surface area contributed by atoms with E-state index in [-0.39, 0.29) is 55.0 Å². The highest BCUT2D eigenvalue weighted by molar-refractivity contribution is 5.96. The minimum absolute atomic E-state index is 0.0374. The molecule has 2 saturated heterocycles. The minimum atomic E-state index is -1.62. The lowest BCUT2D eigenvalue weighted by Crippen LogP contribution is -2.60. The second-order valence-corrected chi connectivity index (χ2v) is 18.5. The molecule has 0 radical (unpaired) electrons. The van der Waals surface area contributed by atoms with Gasteiger partial charge in [0.15, 0.2) is 30.1 Å². The van der Waals surface area contributed by atoms with Crippen LogP contribution >= 0.6 is 0 Å². The van der Waals surface area contributed by atoms with Gasteiger partial charge in [0.25, 0.3) is 0 Å². The number of carbonyl (C=O) groups is 5. The van der Waals surface area contributed by atoms with Crippen molar-refractivity contribution in [2.24, 2.45) is 23.7 Å². The van der Waals surface area contributed by atoms with Crippen LogP contribution in [0, 0.1) is 23.7 Å². The lowest BCUT2D eigenvalue weighted by molar-refractivity contribution is -0.314. The zero-order valence-corrected chi connectivity index (χ0v) is 40.0. The molecule has 4 heterocycles. The Kier molecular flexibility index (Phi) is 17.8. The number of esters is 2. The third-order valence-corrected chi connectivity index (χ3v) is 13.3. The lowest BCUT2D eigenvalue weighted by Gasteiger charge is -2.50. The van der Waals surface area contributed by atoms with E-state index in [1.54, 1.807) is 48.5 Å². The van der Waals surface area contributed by atoms with Crippen molar-refractivity contribution in [3.63, 3.8) is 0 Å². The molecule has 0 amide bonds. The van der Waals surface area contributed by atoms with Gasteiger partial charge in [-0.2, -0.15) is 0 Å². The summed E-state index contributed by atoms with van der Waals surface area (Å²) in [6.45, 7) is 20.6. The Balaban J connectivity index is 1.92. The predicted molar refractivity (Wildman–Crippen MR) is 229 cm³/mol. The summed E-state index contributed by atoms with van der Waals surface area (Å²) in [6, 6.07) is -0.128. The molecular formula is C46H73N3O14. The number of nitrogens with one attached hydrogen (secondary N) is 1. The molecule has 356 valence electrons. The zero-order chi connectivity index (χ0) is 47.2. The second kappa shape index (κ2) is 21.6. The molecule has 3 aliphatic heterocycles. The first-order valence-electron chi connectivity index (χ1n) is 22.2. The van der Waals surface area contributed by atoms with Crippen molar-refractivity contribution in [2.45, 2.75) is 187 Å². The monoisotopic (exact) mass is 892 g/mol. The molecule has 17 heteroatoms. The number of hydrogen-bond acceptors (Lipinski definition) is 16. The van der Waals surface area contributed by atoms with E-state index in [0.717, 1.165) is 4.57 Å². The number of nitrogens with zero attached hydrogens (tertiary/aromatic N) is 2. The van der Waals surface area contributed by atoms with E-state index < -0.39 is 102 Å². The number of ether oxygens (including phenoxy) is 9. The molecule has 0 spiro atoms. The number of hydrogen-bond donors (Lipinski definition) is 1. The Hall–Kier alpha value is -3.58. The van der Waals surface area contributed by atoms with Crippen LogP contribution < -0.4 is 5.32 Å². The average Bonchev–Trinajstić information content (AvgIpc) is 3.77. The normalized spacial score (nSPS) is 39.7. The Morgan fingerprint density at radius 2 is 1.60 bits per heavy atom. The fraction of sp³-hybridized carbons (Fsp3) is 0.783. The summed E-state index contributed by atoms with van der Waals surface area (Å²) in [4.78, 5) is 71.7. The number of Topliss-reactive ketones (excluding diaryl/α,β-unsaturated/α-hetero) is 2. The standard InChI is InChI=1S/C46H73N3O14/c1-16-35-44(10,63-43(54)49-18-17-48-24-49)21-25(2)37(52)26(3)22-45(11,55-14)39(62-42-33(19-27(4)50)34(47-13)20-28(5)57-42)29(6)38(30(7)41(53)60-35)61-36-23-46(12,56-15)40(31(8)58-36)59-32(9)51/h17-18,21,24,26,28-31,33-36,38-40,42,47H,16,19-20,22-23H2,1-15H3/t26-,28-,29+,30-,31+,33-,34+,35-,36+,38+,39-,40+,42+,44+,45-,46-/m1/s1. The number of cyclic esters (lactones) is 1. The van der Waals surface area contributed by atoms with Crippen molar-refractivity contribution >= 4 is 29.6 Å². The van der Waals surface area contributed by atoms with Gasteiger partial charge in [0.1, 0.15) is 23.8 Å². The van der Waals surface area contributed by atoms with Gasteiger partial charge in [-0.15, -0.1) is 0 Å². The summed E-state index contributed by atoms with van der Waals surface area (Å²) in [6.07, 6.45) is -0.521. The molecule has 0 aliphatic carbocycles. The molecule has 63 heavy (non-hydrogen) atoms. The van der Waals surface area contributed by atoms with Crippen molar-refractivity contribution in [2.75, 3.05) is 21.3 Å². The third kappa shape index (κ3) is 12.2. The summed E-state index contributed by atoms with van der Waals surface area (Å²) in [5.41, 5.74) is -3.64. The summed E-state index contributed by atoms with van der Waals surface area (Å²) in [5.74, 6) is -4.33. The number of rotatable bonds is 12.